The predicted molar refractivity (Wildman–Crippen MR) is 157 cm³/mol. The van der Waals surface area contributed by atoms with E-state index in [0.717, 1.165) is 23.3 Å². The highest BCUT2D eigenvalue weighted by atomic mass is 35.5. The second kappa shape index (κ2) is 14.1. The number of nitrogens with zero attached hydrogens (tertiary/aromatic N) is 1. The van der Waals surface area contributed by atoms with E-state index in [1.54, 1.807) is 42.5 Å². The number of aldehydes is 1. The van der Waals surface area contributed by atoms with E-state index in [9.17, 15) is 14.0 Å². The van der Waals surface area contributed by atoms with E-state index in [4.69, 9.17) is 37.2 Å². The zero-order chi connectivity index (χ0) is 29.4. The predicted octanol–water partition coefficient (Wildman–Crippen LogP) is 8.74. The molecule has 0 aliphatic rings. The molecule has 0 aliphatic carbocycles. The summed E-state index contributed by atoms with van der Waals surface area (Å²) in [5.41, 5.74) is 3.50. The molecule has 5 rings (SSSR count). The number of hydrogen-bond donors (Lipinski definition) is 0. The van der Waals surface area contributed by atoms with E-state index in [1.807, 2.05) is 38.1 Å². The topological polar surface area (TPSA) is 78.6 Å². The second-order valence-corrected chi connectivity index (χ2v) is 9.53. The average Bonchev–Trinajstić information content (AvgIpc) is 3.40. The molecular weight excluding hydrogens is 568 g/mol. The molecule has 0 radical (unpaired) electrons. The minimum atomic E-state index is -0.666. The number of hydrogen-bond acceptors (Lipinski definition) is 6. The van der Waals surface area contributed by atoms with E-state index in [1.165, 1.54) is 12.1 Å². The Balaban J connectivity index is 0.000000194. The van der Waals surface area contributed by atoms with Gasteiger partial charge in [-0.2, -0.15) is 0 Å². The standard InChI is InChI=1S/C18H18ClFO3.C14H8ClNO2/c1-3-22-18(23-4-2)14-8-6-5-7-13(14)17(21)15-10-9-12(19)11-16(15)20;15-10-5-6-12-13(7-10)18-16-14(12)11-4-2-1-3-9(11)8-17/h5-11,18H,3-4H2,1-2H3;1-8H. The quantitative estimate of drug-likeness (QED) is 0.0965. The first-order valence-corrected chi connectivity index (χ1v) is 13.5. The van der Waals surface area contributed by atoms with Gasteiger partial charge in [0, 0.05) is 57.0 Å². The summed E-state index contributed by atoms with van der Waals surface area (Å²) in [5, 5.41) is 5.70. The van der Waals surface area contributed by atoms with Crippen LogP contribution in [0.1, 0.15) is 52.0 Å². The van der Waals surface area contributed by atoms with Gasteiger partial charge in [0.15, 0.2) is 23.9 Å². The monoisotopic (exact) mass is 593 g/mol. The summed E-state index contributed by atoms with van der Waals surface area (Å²) in [5.74, 6) is -1.08. The van der Waals surface area contributed by atoms with Gasteiger partial charge < -0.3 is 14.0 Å². The fourth-order valence-electron chi connectivity index (χ4n) is 4.18. The van der Waals surface area contributed by atoms with Gasteiger partial charge in [0.1, 0.15) is 11.5 Å². The lowest BCUT2D eigenvalue weighted by atomic mass is 9.97. The molecule has 0 fully saturated rings. The maximum Gasteiger partial charge on any atom is 0.196 e. The molecule has 5 aromatic rings. The van der Waals surface area contributed by atoms with Gasteiger partial charge in [0.05, 0.1) is 5.56 Å². The van der Waals surface area contributed by atoms with Crippen molar-refractivity contribution in [3.05, 3.63) is 123 Å². The van der Waals surface area contributed by atoms with Gasteiger partial charge in [-0.15, -0.1) is 0 Å². The molecule has 210 valence electrons. The smallest absolute Gasteiger partial charge is 0.196 e. The number of carbonyl (C=O) groups is 2. The van der Waals surface area contributed by atoms with E-state index >= 15 is 0 Å². The average molecular weight is 594 g/mol. The Morgan fingerprint density at radius 1 is 0.902 bits per heavy atom. The molecule has 4 aromatic carbocycles. The van der Waals surface area contributed by atoms with Crippen LogP contribution >= 0.6 is 23.2 Å². The van der Waals surface area contributed by atoms with Crippen LogP contribution in [0.5, 0.6) is 0 Å². The lowest BCUT2D eigenvalue weighted by Crippen LogP contribution is -2.15. The largest absolute Gasteiger partial charge is 0.356 e. The summed E-state index contributed by atoms with van der Waals surface area (Å²) < 4.78 is 30.4. The van der Waals surface area contributed by atoms with E-state index in [0.29, 0.717) is 46.2 Å². The first kappa shape index (κ1) is 30.1. The van der Waals surface area contributed by atoms with Crippen molar-refractivity contribution < 1.29 is 28.0 Å². The van der Waals surface area contributed by atoms with Crippen molar-refractivity contribution in [3.8, 4) is 11.3 Å². The highest BCUT2D eigenvalue weighted by Gasteiger charge is 2.22. The third-order valence-corrected chi connectivity index (χ3v) is 6.52. The number of aromatic nitrogens is 1. The minimum absolute atomic E-state index is 0.0337. The van der Waals surface area contributed by atoms with Gasteiger partial charge >= 0.3 is 0 Å². The number of ketones is 1. The van der Waals surface area contributed by atoms with Crippen molar-refractivity contribution in [2.75, 3.05) is 13.2 Å². The van der Waals surface area contributed by atoms with Crippen LogP contribution in [-0.4, -0.2) is 30.4 Å². The first-order chi connectivity index (χ1) is 19.9. The molecule has 9 heteroatoms. The summed E-state index contributed by atoms with van der Waals surface area (Å²) in [6.07, 6.45) is 0.145. The van der Waals surface area contributed by atoms with Crippen LogP contribution in [0.3, 0.4) is 0 Å². The van der Waals surface area contributed by atoms with Gasteiger partial charge in [-0.3, -0.25) is 9.59 Å². The highest BCUT2D eigenvalue weighted by molar-refractivity contribution is 6.31. The molecule has 41 heavy (non-hydrogen) atoms. The SMILES string of the molecule is CCOC(OCC)c1ccccc1C(=O)c1ccc(Cl)cc1F.O=Cc1ccccc1-c1noc2cc(Cl)ccc12. The van der Waals surface area contributed by atoms with Crippen LogP contribution in [-0.2, 0) is 9.47 Å². The Morgan fingerprint density at radius 2 is 1.56 bits per heavy atom. The first-order valence-electron chi connectivity index (χ1n) is 12.8. The Bertz CT molecular complexity index is 1660. The van der Waals surface area contributed by atoms with Crippen LogP contribution in [0.25, 0.3) is 22.2 Å². The molecule has 0 spiro atoms. The number of halogens is 3. The van der Waals surface area contributed by atoms with Crippen LogP contribution < -0.4 is 0 Å². The Kier molecular flexibility index (Phi) is 10.4. The van der Waals surface area contributed by atoms with Crippen molar-refractivity contribution in [3.63, 3.8) is 0 Å². The molecular formula is C32H26Cl2FNO5. The molecule has 0 saturated carbocycles. The molecule has 1 heterocycles. The number of fused-ring (bicyclic) bond motifs is 1. The van der Waals surface area contributed by atoms with Crippen LogP contribution in [0.2, 0.25) is 10.0 Å². The van der Waals surface area contributed by atoms with Gasteiger partial charge in [-0.25, -0.2) is 4.39 Å². The Morgan fingerprint density at radius 3 is 2.27 bits per heavy atom. The fraction of sp³-hybridized carbons (Fsp3) is 0.156. The van der Waals surface area contributed by atoms with E-state index in [2.05, 4.69) is 5.16 Å². The van der Waals surface area contributed by atoms with Gasteiger partial charge in [-0.1, -0.05) is 76.9 Å². The molecule has 6 nitrogen and oxygen atoms in total. The third kappa shape index (κ3) is 7.07. The number of carbonyl (C=O) groups excluding carboxylic acids is 2. The number of benzene rings is 4. The maximum absolute atomic E-state index is 14.0. The highest BCUT2D eigenvalue weighted by Crippen LogP contribution is 2.31. The third-order valence-electron chi connectivity index (χ3n) is 6.05. The Hall–Kier alpha value is -3.88. The minimum Gasteiger partial charge on any atom is -0.356 e. The van der Waals surface area contributed by atoms with Crippen molar-refractivity contribution in [1.82, 2.24) is 5.16 Å². The summed E-state index contributed by atoms with van der Waals surface area (Å²) in [6.45, 7) is 4.55. The van der Waals surface area contributed by atoms with Gasteiger partial charge in [-0.05, 0) is 44.2 Å². The van der Waals surface area contributed by atoms with Crippen molar-refractivity contribution in [2.45, 2.75) is 20.1 Å². The summed E-state index contributed by atoms with van der Waals surface area (Å²) in [4.78, 5) is 23.8. The van der Waals surface area contributed by atoms with Crippen molar-refractivity contribution in [1.29, 1.82) is 0 Å². The van der Waals surface area contributed by atoms with E-state index in [-0.39, 0.29) is 10.6 Å². The van der Waals surface area contributed by atoms with Crippen LogP contribution in [0.4, 0.5) is 4.39 Å². The Labute approximate surface area is 246 Å². The molecule has 1 aromatic heterocycles. The molecule has 0 aliphatic heterocycles. The molecule has 0 unspecified atom stereocenters. The molecule has 0 bridgehead atoms. The normalized spacial score (nSPS) is 10.9. The summed E-state index contributed by atoms with van der Waals surface area (Å²) in [6, 6.07) is 23.5. The lowest BCUT2D eigenvalue weighted by Gasteiger charge is -2.20. The number of ether oxygens (including phenoxy) is 2. The van der Waals surface area contributed by atoms with Crippen LogP contribution in [0, 0.1) is 5.82 Å². The van der Waals surface area contributed by atoms with Crippen LogP contribution in [0.15, 0.2) is 89.5 Å². The molecule has 0 saturated heterocycles. The molecule has 0 atom stereocenters. The molecule has 0 N–H and O–H groups in total. The summed E-state index contributed by atoms with van der Waals surface area (Å²) >= 11 is 11.6. The molecule has 0 amide bonds. The fourth-order valence-corrected chi connectivity index (χ4v) is 4.50. The van der Waals surface area contributed by atoms with Gasteiger partial charge in [0.2, 0.25) is 0 Å². The summed E-state index contributed by atoms with van der Waals surface area (Å²) in [7, 11) is 0. The van der Waals surface area contributed by atoms with Crippen molar-refractivity contribution in [2.24, 2.45) is 0 Å². The zero-order valence-corrected chi connectivity index (χ0v) is 23.8. The van der Waals surface area contributed by atoms with E-state index < -0.39 is 17.9 Å². The second-order valence-electron chi connectivity index (χ2n) is 8.66. The zero-order valence-electron chi connectivity index (χ0n) is 22.3. The maximum atomic E-state index is 14.0. The van der Waals surface area contributed by atoms with Crippen molar-refractivity contribution >= 4 is 46.2 Å². The van der Waals surface area contributed by atoms with Gasteiger partial charge in [0.25, 0.3) is 0 Å². The lowest BCUT2D eigenvalue weighted by molar-refractivity contribution is -0.140. The number of rotatable bonds is 9.